The lowest BCUT2D eigenvalue weighted by molar-refractivity contribution is 0.887. The standard InChI is InChI=1S/C7H12N6/c1-12-5(4-11-6(12)8)13-3-2-10-7(13)9/h4H,2-3H2,1H3,(H2,8,11)(H2,9,10). The second kappa shape index (κ2) is 2.65. The number of imidazole rings is 1. The van der Waals surface area contributed by atoms with Gasteiger partial charge < -0.3 is 16.0 Å². The Labute approximate surface area is 75.9 Å². The number of aliphatic imine (C=N–C) groups is 1. The van der Waals surface area contributed by atoms with E-state index >= 15 is 0 Å². The van der Waals surface area contributed by atoms with Gasteiger partial charge in [-0.15, -0.1) is 0 Å². The largest absolute Gasteiger partial charge is 0.369 e. The number of nitrogens with two attached hydrogens (primary N) is 2. The minimum atomic E-state index is 0.481. The smallest absolute Gasteiger partial charge is 0.201 e. The fourth-order valence-corrected chi connectivity index (χ4v) is 1.36. The van der Waals surface area contributed by atoms with Gasteiger partial charge in [0.2, 0.25) is 5.95 Å². The van der Waals surface area contributed by atoms with Crippen LogP contribution in [0.4, 0.5) is 11.8 Å². The highest BCUT2D eigenvalue weighted by Gasteiger charge is 2.19. The Morgan fingerprint density at radius 1 is 1.46 bits per heavy atom. The third kappa shape index (κ3) is 1.10. The first-order valence-electron chi connectivity index (χ1n) is 4.05. The highest BCUT2D eigenvalue weighted by Crippen LogP contribution is 2.17. The van der Waals surface area contributed by atoms with Crippen LogP contribution < -0.4 is 16.4 Å². The van der Waals surface area contributed by atoms with E-state index in [1.807, 2.05) is 11.9 Å². The van der Waals surface area contributed by atoms with E-state index in [0.717, 1.165) is 18.9 Å². The van der Waals surface area contributed by atoms with E-state index in [1.165, 1.54) is 0 Å². The molecule has 70 valence electrons. The van der Waals surface area contributed by atoms with Crippen molar-refractivity contribution < 1.29 is 0 Å². The summed E-state index contributed by atoms with van der Waals surface area (Å²) in [7, 11) is 1.85. The van der Waals surface area contributed by atoms with Gasteiger partial charge in [-0.3, -0.25) is 9.89 Å². The average Bonchev–Trinajstić information content (AvgIpc) is 2.62. The maximum atomic E-state index is 5.68. The Morgan fingerprint density at radius 3 is 2.69 bits per heavy atom. The molecular formula is C7H12N6. The number of guanidine groups is 1. The van der Waals surface area contributed by atoms with Crippen molar-refractivity contribution in [3.8, 4) is 0 Å². The van der Waals surface area contributed by atoms with E-state index in [2.05, 4.69) is 9.98 Å². The molecule has 0 atom stereocenters. The van der Waals surface area contributed by atoms with Crippen LogP contribution in [0, 0.1) is 0 Å². The van der Waals surface area contributed by atoms with E-state index < -0.39 is 0 Å². The van der Waals surface area contributed by atoms with Gasteiger partial charge in [0, 0.05) is 13.6 Å². The normalized spacial score (nSPS) is 16.4. The summed E-state index contributed by atoms with van der Waals surface area (Å²) in [6, 6.07) is 0. The molecule has 0 radical (unpaired) electrons. The van der Waals surface area contributed by atoms with Crippen LogP contribution in [0.5, 0.6) is 0 Å². The zero-order chi connectivity index (χ0) is 9.42. The molecule has 6 heteroatoms. The summed E-state index contributed by atoms with van der Waals surface area (Å²) < 4.78 is 1.79. The average molecular weight is 180 g/mol. The molecule has 6 nitrogen and oxygen atoms in total. The molecule has 2 rings (SSSR count). The van der Waals surface area contributed by atoms with Gasteiger partial charge in [0.1, 0.15) is 5.82 Å². The number of aromatic nitrogens is 2. The van der Waals surface area contributed by atoms with Crippen LogP contribution in [0.1, 0.15) is 0 Å². The zero-order valence-corrected chi connectivity index (χ0v) is 7.44. The van der Waals surface area contributed by atoms with Gasteiger partial charge in [-0.05, 0) is 0 Å². The van der Waals surface area contributed by atoms with Crippen molar-refractivity contribution in [2.75, 3.05) is 23.7 Å². The highest BCUT2D eigenvalue weighted by atomic mass is 15.4. The monoisotopic (exact) mass is 180 g/mol. The predicted octanol–water partition coefficient (Wildman–Crippen LogP) is -0.863. The van der Waals surface area contributed by atoms with Crippen LogP contribution in [0.2, 0.25) is 0 Å². The van der Waals surface area contributed by atoms with Gasteiger partial charge in [-0.1, -0.05) is 0 Å². The van der Waals surface area contributed by atoms with Crippen molar-refractivity contribution in [2.45, 2.75) is 0 Å². The lowest BCUT2D eigenvalue weighted by Gasteiger charge is -2.17. The van der Waals surface area contributed by atoms with Crippen molar-refractivity contribution in [3.05, 3.63) is 6.20 Å². The van der Waals surface area contributed by atoms with Crippen LogP contribution in [0.3, 0.4) is 0 Å². The van der Waals surface area contributed by atoms with Gasteiger partial charge in [0.25, 0.3) is 0 Å². The van der Waals surface area contributed by atoms with Crippen molar-refractivity contribution in [1.29, 1.82) is 0 Å². The molecule has 0 fully saturated rings. The van der Waals surface area contributed by atoms with Crippen LogP contribution in [-0.4, -0.2) is 28.6 Å². The predicted molar refractivity (Wildman–Crippen MR) is 51.5 cm³/mol. The van der Waals surface area contributed by atoms with E-state index in [0.29, 0.717) is 11.9 Å². The third-order valence-electron chi connectivity index (χ3n) is 2.15. The van der Waals surface area contributed by atoms with Crippen molar-refractivity contribution in [1.82, 2.24) is 9.55 Å². The topological polar surface area (TPSA) is 85.5 Å². The Hall–Kier alpha value is -1.72. The molecule has 13 heavy (non-hydrogen) atoms. The molecule has 0 aliphatic carbocycles. The summed E-state index contributed by atoms with van der Waals surface area (Å²) in [5.41, 5.74) is 11.3. The van der Waals surface area contributed by atoms with E-state index in [4.69, 9.17) is 11.5 Å². The molecule has 4 N–H and O–H groups in total. The van der Waals surface area contributed by atoms with Crippen LogP contribution >= 0.6 is 0 Å². The first-order chi connectivity index (χ1) is 6.20. The molecule has 0 saturated carbocycles. The summed E-state index contributed by atoms with van der Waals surface area (Å²) in [5.74, 6) is 1.90. The lowest BCUT2D eigenvalue weighted by Crippen LogP contribution is -2.34. The second-order valence-electron chi connectivity index (χ2n) is 2.93. The van der Waals surface area contributed by atoms with Crippen molar-refractivity contribution in [2.24, 2.45) is 17.8 Å². The molecule has 0 saturated heterocycles. The van der Waals surface area contributed by atoms with Crippen molar-refractivity contribution in [3.63, 3.8) is 0 Å². The summed E-state index contributed by atoms with van der Waals surface area (Å²) in [6.45, 7) is 1.53. The van der Waals surface area contributed by atoms with Gasteiger partial charge in [0.05, 0.1) is 12.7 Å². The SMILES string of the molecule is Cn1c(N2CCN=C2N)cnc1N. The second-order valence-corrected chi connectivity index (χ2v) is 2.93. The molecular weight excluding hydrogens is 168 g/mol. The van der Waals surface area contributed by atoms with E-state index in [9.17, 15) is 0 Å². The molecule has 2 heterocycles. The van der Waals surface area contributed by atoms with Gasteiger partial charge in [-0.25, -0.2) is 4.98 Å². The summed E-state index contributed by atoms with van der Waals surface area (Å²) >= 11 is 0. The molecule has 0 amide bonds. The van der Waals surface area contributed by atoms with Crippen molar-refractivity contribution >= 4 is 17.7 Å². The fraction of sp³-hybridized carbons (Fsp3) is 0.429. The number of hydrogen-bond acceptors (Lipinski definition) is 5. The number of nitrogens with zero attached hydrogens (tertiary/aromatic N) is 4. The highest BCUT2D eigenvalue weighted by molar-refractivity contribution is 5.95. The number of rotatable bonds is 1. The zero-order valence-electron chi connectivity index (χ0n) is 7.44. The maximum absolute atomic E-state index is 5.68. The molecule has 0 unspecified atom stereocenters. The number of anilines is 2. The maximum Gasteiger partial charge on any atom is 0.201 e. The summed E-state index contributed by atoms with van der Waals surface area (Å²) in [5, 5.41) is 0. The van der Waals surface area contributed by atoms with Crippen LogP contribution in [0.25, 0.3) is 0 Å². The molecule has 0 bridgehead atoms. The molecule has 0 aromatic carbocycles. The van der Waals surface area contributed by atoms with Crippen LogP contribution in [-0.2, 0) is 7.05 Å². The fourth-order valence-electron chi connectivity index (χ4n) is 1.36. The lowest BCUT2D eigenvalue weighted by atomic mass is 10.5. The number of nitrogen functional groups attached to an aromatic ring is 1. The van der Waals surface area contributed by atoms with Gasteiger partial charge in [-0.2, -0.15) is 0 Å². The quantitative estimate of drug-likeness (QED) is 0.588. The Bertz CT molecular complexity index is 352. The van der Waals surface area contributed by atoms with E-state index in [1.54, 1.807) is 10.8 Å². The molecule has 1 aromatic rings. The Morgan fingerprint density at radius 2 is 2.23 bits per heavy atom. The molecule has 1 aliphatic rings. The third-order valence-corrected chi connectivity index (χ3v) is 2.15. The molecule has 0 spiro atoms. The Balaban J connectivity index is 2.36. The summed E-state index contributed by atoms with van der Waals surface area (Å²) in [6.07, 6.45) is 1.70. The minimum absolute atomic E-state index is 0.481. The van der Waals surface area contributed by atoms with Gasteiger partial charge in [0.15, 0.2) is 5.96 Å². The molecule has 1 aromatic heterocycles. The minimum Gasteiger partial charge on any atom is -0.369 e. The first kappa shape index (κ1) is 7.90. The Kier molecular flexibility index (Phi) is 1.61. The van der Waals surface area contributed by atoms with E-state index in [-0.39, 0.29) is 0 Å². The first-order valence-corrected chi connectivity index (χ1v) is 4.05. The molecule has 1 aliphatic heterocycles. The van der Waals surface area contributed by atoms with Gasteiger partial charge >= 0.3 is 0 Å². The number of hydrogen-bond donors (Lipinski definition) is 2. The van der Waals surface area contributed by atoms with Crippen LogP contribution in [0.15, 0.2) is 11.2 Å². The summed E-state index contributed by atoms with van der Waals surface area (Å²) in [4.78, 5) is 9.96.